The van der Waals surface area contributed by atoms with E-state index in [9.17, 15) is 0 Å². The number of hydrogen-bond acceptors (Lipinski definition) is 5. The minimum Gasteiger partial charge on any atom is -0.495 e. The maximum Gasteiger partial charge on any atom is 0.173 e. The molecular weight excluding hydrogens is 408 g/mol. The molecule has 29 heavy (non-hydrogen) atoms. The fourth-order valence-corrected chi connectivity index (χ4v) is 3.68. The maximum absolute atomic E-state index is 6.13. The van der Waals surface area contributed by atoms with Gasteiger partial charge >= 0.3 is 0 Å². The Hall–Kier alpha value is -1.93. The zero-order valence-corrected chi connectivity index (χ0v) is 18.2. The number of halogens is 1. The van der Waals surface area contributed by atoms with Crippen LogP contribution in [-0.4, -0.2) is 66.4 Å². The van der Waals surface area contributed by atoms with Crippen molar-refractivity contribution in [1.82, 2.24) is 14.8 Å². The Bertz CT molecular complexity index is 788. The van der Waals surface area contributed by atoms with Gasteiger partial charge in [0.2, 0.25) is 0 Å². The molecule has 1 aliphatic heterocycles. The van der Waals surface area contributed by atoms with E-state index in [0.29, 0.717) is 15.9 Å². The number of hydrogen-bond donors (Lipinski definition) is 1. The van der Waals surface area contributed by atoms with Crippen LogP contribution in [0, 0.1) is 0 Å². The Kier molecular flexibility index (Phi) is 8.49. The topological polar surface area (TPSA) is 49.9 Å². The van der Waals surface area contributed by atoms with Crippen molar-refractivity contribution in [3.8, 4) is 5.75 Å². The molecule has 0 radical (unpaired) electrons. The van der Waals surface area contributed by atoms with Gasteiger partial charge in [0.1, 0.15) is 5.75 Å². The molecule has 2 aromatic rings. The molecule has 2 heterocycles. The Morgan fingerprint density at radius 2 is 2.03 bits per heavy atom. The van der Waals surface area contributed by atoms with Crippen molar-refractivity contribution in [2.24, 2.45) is 0 Å². The molecular formula is C21H27ClN4O2S. The van der Waals surface area contributed by atoms with E-state index in [1.807, 2.05) is 36.7 Å². The molecule has 0 amide bonds. The molecule has 1 saturated heterocycles. The number of pyridine rings is 1. The van der Waals surface area contributed by atoms with Gasteiger partial charge in [0.05, 0.1) is 25.3 Å². The summed E-state index contributed by atoms with van der Waals surface area (Å²) in [5.74, 6) is 0.618. The van der Waals surface area contributed by atoms with Crippen molar-refractivity contribution in [1.29, 1.82) is 0 Å². The Balaban J connectivity index is 1.63. The fourth-order valence-electron chi connectivity index (χ4n) is 3.21. The quantitative estimate of drug-likeness (QED) is 0.636. The van der Waals surface area contributed by atoms with Gasteiger partial charge in [-0.15, -0.1) is 0 Å². The third-order valence-corrected chi connectivity index (χ3v) is 5.49. The van der Waals surface area contributed by atoms with E-state index >= 15 is 0 Å². The van der Waals surface area contributed by atoms with Crippen molar-refractivity contribution >= 4 is 34.6 Å². The van der Waals surface area contributed by atoms with Gasteiger partial charge in [-0.3, -0.25) is 9.88 Å². The molecule has 0 saturated carbocycles. The second-order valence-corrected chi connectivity index (χ2v) is 7.66. The van der Waals surface area contributed by atoms with Crippen LogP contribution in [-0.2, 0) is 11.3 Å². The number of anilines is 1. The first-order chi connectivity index (χ1) is 14.2. The first kappa shape index (κ1) is 21.8. The molecule has 0 spiro atoms. The van der Waals surface area contributed by atoms with Crippen molar-refractivity contribution in [3.05, 3.63) is 53.3 Å². The van der Waals surface area contributed by atoms with E-state index < -0.39 is 0 Å². The maximum atomic E-state index is 6.13. The van der Waals surface area contributed by atoms with Gasteiger partial charge in [-0.25, -0.2) is 0 Å². The van der Waals surface area contributed by atoms with Gasteiger partial charge in [-0.05, 0) is 48.5 Å². The number of thiocarbonyl (C=S) groups is 1. The first-order valence-corrected chi connectivity index (χ1v) is 10.5. The second-order valence-electron chi connectivity index (χ2n) is 6.86. The molecule has 1 fully saturated rings. The lowest BCUT2D eigenvalue weighted by Crippen LogP contribution is -2.40. The number of nitrogens with one attached hydrogen (secondary N) is 1. The van der Waals surface area contributed by atoms with E-state index in [0.717, 1.165) is 58.0 Å². The number of benzene rings is 1. The number of methoxy groups -OCH3 is 1. The van der Waals surface area contributed by atoms with Gasteiger partial charge in [0.25, 0.3) is 0 Å². The number of nitrogens with zero attached hydrogens (tertiary/aromatic N) is 3. The number of morpholine rings is 1. The van der Waals surface area contributed by atoms with Crippen LogP contribution in [0.3, 0.4) is 0 Å². The Morgan fingerprint density at radius 1 is 1.28 bits per heavy atom. The first-order valence-electron chi connectivity index (χ1n) is 9.74. The fraction of sp³-hybridized carbons (Fsp3) is 0.429. The van der Waals surface area contributed by atoms with Gasteiger partial charge in [-0.1, -0.05) is 11.6 Å². The zero-order chi connectivity index (χ0) is 20.5. The van der Waals surface area contributed by atoms with Crippen molar-refractivity contribution < 1.29 is 9.47 Å². The smallest absolute Gasteiger partial charge is 0.173 e. The summed E-state index contributed by atoms with van der Waals surface area (Å²) in [6.07, 6.45) is 4.64. The Morgan fingerprint density at radius 3 is 2.76 bits per heavy atom. The third-order valence-electron chi connectivity index (χ3n) is 4.82. The highest BCUT2D eigenvalue weighted by molar-refractivity contribution is 7.80. The predicted octanol–water partition coefficient (Wildman–Crippen LogP) is 3.66. The number of ether oxygens (including phenoxy) is 2. The minimum atomic E-state index is 0.572. The molecule has 0 aliphatic carbocycles. The lowest BCUT2D eigenvalue weighted by molar-refractivity contribution is 0.0368. The molecule has 1 aromatic carbocycles. The molecule has 6 nitrogen and oxygen atoms in total. The number of aromatic nitrogens is 1. The van der Waals surface area contributed by atoms with Gasteiger partial charge in [0.15, 0.2) is 5.11 Å². The lowest BCUT2D eigenvalue weighted by Gasteiger charge is -2.29. The monoisotopic (exact) mass is 434 g/mol. The van der Waals surface area contributed by atoms with Crippen LogP contribution in [0.15, 0.2) is 42.7 Å². The minimum absolute atomic E-state index is 0.572. The summed E-state index contributed by atoms with van der Waals surface area (Å²) in [5.41, 5.74) is 2.02. The van der Waals surface area contributed by atoms with Crippen LogP contribution in [0.5, 0.6) is 5.75 Å². The van der Waals surface area contributed by atoms with Crippen LogP contribution in [0.1, 0.15) is 12.0 Å². The summed E-state index contributed by atoms with van der Waals surface area (Å²) < 4.78 is 10.7. The summed E-state index contributed by atoms with van der Waals surface area (Å²) in [6, 6.07) is 9.59. The Labute approximate surface area is 182 Å². The van der Waals surface area contributed by atoms with E-state index in [-0.39, 0.29) is 0 Å². The van der Waals surface area contributed by atoms with Crippen LogP contribution < -0.4 is 10.1 Å². The summed E-state index contributed by atoms with van der Waals surface area (Å²) in [4.78, 5) is 8.73. The molecule has 1 aliphatic rings. The standard InChI is InChI=1S/C21H27ClN4O2S/c1-27-20-15-18(3-4-19(20)22)24-21(29)26(16-17-5-7-23-8-6-17)10-2-9-25-11-13-28-14-12-25/h3-8,15H,2,9-14,16H2,1H3,(H,24,29). The van der Waals surface area contributed by atoms with Gasteiger partial charge < -0.3 is 19.7 Å². The van der Waals surface area contributed by atoms with Gasteiger partial charge in [-0.2, -0.15) is 0 Å². The molecule has 0 atom stereocenters. The summed E-state index contributed by atoms with van der Waals surface area (Å²) in [5, 5.41) is 4.57. The predicted molar refractivity (Wildman–Crippen MR) is 121 cm³/mol. The molecule has 1 aromatic heterocycles. The average Bonchev–Trinajstić information content (AvgIpc) is 2.76. The van der Waals surface area contributed by atoms with E-state index in [2.05, 4.69) is 20.1 Å². The molecule has 0 bridgehead atoms. The highest BCUT2D eigenvalue weighted by atomic mass is 35.5. The zero-order valence-electron chi connectivity index (χ0n) is 16.6. The van der Waals surface area contributed by atoms with Crippen LogP contribution in [0.25, 0.3) is 0 Å². The normalized spacial score (nSPS) is 14.4. The molecule has 156 valence electrons. The van der Waals surface area contributed by atoms with Crippen molar-refractivity contribution in [2.75, 3.05) is 51.8 Å². The van der Waals surface area contributed by atoms with Crippen LogP contribution >= 0.6 is 23.8 Å². The van der Waals surface area contributed by atoms with Gasteiger partial charge in [0, 0.05) is 56.9 Å². The van der Waals surface area contributed by atoms with Crippen molar-refractivity contribution in [2.45, 2.75) is 13.0 Å². The summed E-state index contributed by atoms with van der Waals surface area (Å²) in [7, 11) is 1.60. The summed E-state index contributed by atoms with van der Waals surface area (Å²) >= 11 is 11.9. The molecule has 0 unspecified atom stereocenters. The average molecular weight is 435 g/mol. The van der Waals surface area contributed by atoms with E-state index in [1.54, 1.807) is 13.2 Å². The second kappa shape index (κ2) is 11.3. The van der Waals surface area contributed by atoms with E-state index in [1.165, 1.54) is 5.56 Å². The van der Waals surface area contributed by atoms with Crippen molar-refractivity contribution in [3.63, 3.8) is 0 Å². The molecule has 8 heteroatoms. The molecule has 1 N–H and O–H groups in total. The van der Waals surface area contributed by atoms with E-state index in [4.69, 9.17) is 33.3 Å². The van der Waals surface area contributed by atoms with Crippen LogP contribution in [0.4, 0.5) is 5.69 Å². The van der Waals surface area contributed by atoms with Crippen LogP contribution in [0.2, 0.25) is 5.02 Å². The summed E-state index contributed by atoms with van der Waals surface area (Å²) in [6.45, 7) is 6.25. The third kappa shape index (κ3) is 6.82. The lowest BCUT2D eigenvalue weighted by atomic mass is 10.2. The SMILES string of the molecule is COc1cc(NC(=S)N(CCCN2CCOCC2)Cc2ccncc2)ccc1Cl. The highest BCUT2D eigenvalue weighted by Gasteiger charge is 2.14. The largest absolute Gasteiger partial charge is 0.495 e. The highest BCUT2D eigenvalue weighted by Crippen LogP contribution is 2.27. The molecule has 3 rings (SSSR count). The number of rotatable bonds is 8.